The van der Waals surface area contributed by atoms with E-state index >= 15 is 0 Å². The Kier molecular flexibility index (Phi) is 2.37. The molecule has 0 saturated carbocycles. The fraction of sp³-hybridized carbons (Fsp3) is 0.231. The molecule has 82 valence electrons. The van der Waals surface area contributed by atoms with Crippen molar-refractivity contribution in [3.63, 3.8) is 0 Å². The van der Waals surface area contributed by atoms with Gasteiger partial charge in [-0.3, -0.25) is 0 Å². The van der Waals surface area contributed by atoms with Gasteiger partial charge in [-0.05, 0) is 29.0 Å². The molecule has 1 atom stereocenters. The second-order valence-corrected chi connectivity index (χ2v) is 4.99. The van der Waals surface area contributed by atoms with Crippen LogP contribution in [0.1, 0.15) is 5.56 Å². The normalized spacial score (nSPS) is 19.2. The van der Waals surface area contributed by atoms with E-state index in [1.165, 1.54) is 10.8 Å². The summed E-state index contributed by atoms with van der Waals surface area (Å²) < 4.78 is 6.58. The molecule has 0 aromatic heterocycles. The van der Waals surface area contributed by atoms with E-state index < -0.39 is 0 Å². The SMILES string of the molecule is O[C@@H]1COc2ccc3cc(Br)ccc3c2C1. The average molecular weight is 279 g/mol. The number of hydrogen-bond donors (Lipinski definition) is 1. The third-order valence-electron chi connectivity index (χ3n) is 2.92. The first-order chi connectivity index (χ1) is 7.74. The lowest BCUT2D eigenvalue weighted by Crippen LogP contribution is -2.25. The second-order valence-electron chi connectivity index (χ2n) is 4.08. The van der Waals surface area contributed by atoms with Crippen LogP contribution in [-0.4, -0.2) is 17.8 Å². The maximum atomic E-state index is 9.64. The molecule has 1 aliphatic heterocycles. The van der Waals surface area contributed by atoms with E-state index in [-0.39, 0.29) is 6.10 Å². The molecule has 2 aromatic rings. The highest BCUT2D eigenvalue weighted by molar-refractivity contribution is 9.10. The Morgan fingerprint density at radius 1 is 1.25 bits per heavy atom. The van der Waals surface area contributed by atoms with Crippen LogP contribution in [0.5, 0.6) is 5.75 Å². The zero-order valence-corrected chi connectivity index (χ0v) is 10.2. The van der Waals surface area contributed by atoms with Gasteiger partial charge < -0.3 is 9.84 Å². The van der Waals surface area contributed by atoms with Crippen molar-refractivity contribution >= 4 is 26.7 Å². The lowest BCUT2D eigenvalue weighted by atomic mass is 9.97. The summed E-state index contributed by atoms with van der Waals surface area (Å²) in [6.07, 6.45) is 0.288. The summed E-state index contributed by atoms with van der Waals surface area (Å²) in [4.78, 5) is 0. The topological polar surface area (TPSA) is 29.5 Å². The number of aliphatic hydroxyl groups excluding tert-OH is 1. The minimum atomic E-state index is -0.387. The number of halogens is 1. The Balaban J connectivity index is 2.26. The lowest BCUT2D eigenvalue weighted by molar-refractivity contribution is 0.0928. The van der Waals surface area contributed by atoms with Crippen LogP contribution in [0.25, 0.3) is 10.8 Å². The van der Waals surface area contributed by atoms with Crippen molar-refractivity contribution in [2.45, 2.75) is 12.5 Å². The van der Waals surface area contributed by atoms with E-state index in [0.717, 1.165) is 15.8 Å². The van der Waals surface area contributed by atoms with Gasteiger partial charge in [-0.25, -0.2) is 0 Å². The largest absolute Gasteiger partial charge is 0.491 e. The van der Waals surface area contributed by atoms with Gasteiger partial charge in [-0.2, -0.15) is 0 Å². The van der Waals surface area contributed by atoms with E-state index in [9.17, 15) is 5.11 Å². The van der Waals surface area contributed by atoms with Gasteiger partial charge in [0.25, 0.3) is 0 Å². The first-order valence-electron chi connectivity index (χ1n) is 5.26. The van der Waals surface area contributed by atoms with Gasteiger partial charge in [-0.1, -0.05) is 28.1 Å². The molecule has 0 radical (unpaired) electrons. The summed E-state index contributed by atoms with van der Waals surface area (Å²) in [7, 11) is 0. The molecule has 1 N–H and O–H groups in total. The Morgan fingerprint density at radius 2 is 2.12 bits per heavy atom. The van der Waals surface area contributed by atoms with Crippen molar-refractivity contribution in [1.82, 2.24) is 0 Å². The first-order valence-corrected chi connectivity index (χ1v) is 6.05. The average Bonchev–Trinajstić information content (AvgIpc) is 2.28. The van der Waals surface area contributed by atoms with E-state index in [2.05, 4.69) is 34.1 Å². The van der Waals surface area contributed by atoms with Crippen molar-refractivity contribution in [2.24, 2.45) is 0 Å². The van der Waals surface area contributed by atoms with Gasteiger partial charge in [-0.15, -0.1) is 0 Å². The van der Waals surface area contributed by atoms with Crippen LogP contribution in [0, 0.1) is 0 Å². The van der Waals surface area contributed by atoms with Gasteiger partial charge >= 0.3 is 0 Å². The van der Waals surface area contributed by atoms with E-state index in [4.69, 9.17) is 4.74 Å². The number of rotatable bonds is 0. The highest BCUT2D eigenvalue weighted by Crippen LogP contribution is 2.33. The molecule has 2 nitrogen and oxygen atoms in total. The number of benzene rings is 2. The molecular formula is C13H11BrO2. The zero-order chi connectivity index (χ0) is 11.1. The third kappa shape index (κ3) is 1.60. The zero-order valence-electron chi connectivity index (χ0n) is 8.61. The van der Waals surface area contributed by atoms with Crippen molar-refractivity contribution in [3.8, 4) is 5.75 Å². The van der Waals surface area contributed by atoms with E-state index in [1.807, 2.05) is 12.1 Å². The number of fused-ring (bicyclic) bond motifs is 3. The Hall–Kier alpha value is -1.06. The van der Waals surface area contributed by atoms with Crippen LogP contribution in [0.3, 0.4) is 0 Å². The molecule has 1 aliphatic rings. The molecule has 0 amide bonds. The maximum Gasteiger partial charge on any atom is 0.123 e. The second kappa shape index (κ2) is 3.75. The molecule has 0 fully saturated rings. The highest BCUT2D eigenvalue weighted by atomic mass is 79.9. The first kappa shape index (κ1) is 10.1. The van der Waals surface area contributed by atoms with Gasteiger partial charge in [0.05, 0.1) is 6.10 Å². The summed E-state index contributed by atoms with van der Waals surface area (Å²) in [5.41, 5.74) is 1.11. The molecule has 0 spiro atoms. The fourth-order valence-corrected chi connectivity index (χ4v) is 2.55. The predicted molar refractivity (Wildman–Crippen MR) is 66.9 cm³/mol. The molecule has 3 rings (SSSR count). The maximum absolute atomic E-state index is 9.64. The summed E-state index contributed by atoms with van der Waals surface area (Å²) in [6.45, 7) is 0.398. The molecule has 0 saturated heterocycles. The van der Waals surface area contributed by atoms with E-state index in [0.29, 0.717) is 13.0 Å². The van der Waals surface area contributed by atoms with E-state index in [1.54, 1.807) is 0 Å². The van der Waals surface area contributed by atoms with Crippen molar-refractivity contribution < 1.29 is 9.84 Å². The minimum Gasteiger partial charge on any atom is -0.491 e. The third-order valence-corrected chi connectivity index (χ3v) is 3.41. The van der Waals surface area contributed by atoms with Crippen molar-refractivity contribution in [1.29, 1.82) is 0 Å². The molecule has 0 bridgehead atoms. The number of ether oxygens (including phenoxy) is 1. The molecule has 16 heavy (non-hydrogen) atoms. The van der Waals surface area contributed by atoms with Gasteiger partial charge in [0.1, 0.15) is 12.4 Å². The van der Waals surface area contributed by atoms with Crippen LogP contribution in [0.15, 0.2) is 34.8 Å². The molecular weight excluding hydrogens is 268 g/mol. The summed E-state index contributed by atoms with van der Waals surface area (Å²) in [5, 5.41) is 12.0. The van der Waals surface area contributed by atoms with Crippen LogP contribution in [0.2, 0.25) is 0 Å². The van der Waals surface area contributed by atoms with Crippen molar-refractivity contribution in [2.75, 3.05) is 6.61 Å². The summed E-state index contributed by atoms with van der Waals surface area (Å²) >= 11 is 3.46. The van der Waals surface area contributed by atoms with Crippen LogP contribution >= 0.6 is 15.9 Å². The Bertz CT molecular complexity index is 551. The predicted octanol–water partition coefficient (Wildman–Crippen LogP) is 2.90. The Morgan fingerprint density at radius 3 is 3.00 bits per heavy atom. The highest BCUT2D eigenvalue weighted by Gasteiger charge is 2.19. The van der Waals surface area contributed by atoms with Crippen LogP contribution < -0.4 is 4.74 Å². The molecule has 0 aliphatic carbocycles. The summed E-state index contributed by atoms with van der Waals surface area (Å²) in [6, 6.07) is 10.2. The molecule has 0 unspecified atom stereocenters. The van der Waals surface area contributed by atoms with Gasteiger partial charge in [0.2, 0.25) is 0 Å². The van der Waals surface area contributed by atoms with Gasteiger partial charge in [0.15, 0.2) is 0 Å². The van der Waals surface area contributed by atoms with Crippen LogP contribution in [0.4, 0.5) is 0 Å². The molecule has 2 aromatic carbocycles. The fourth-order valence-electron chi connectivity index (χ4n) is 2.17. The minimum absolute atomic E-state index is 0.387. The van der Waals surface area contributed by atoms with Crippen LogP contribution in [-0.2, 0) is 6.42 Å². The Labute approximate surface area is 102 Å². The number of hydrogen-bond acceptors (Lipinski definition) is 2. The monoisotopic (exact) mass is 278 g/mol. The summed E-state index contributed by atoms with van der Waals surface area (Å²) in [5.74, 6) is 0.903. The molecule has 1 heterocycles. The standard InChI is InChI=1S/C13H11BrO2/c14-9-2-3-11-8(5-9)1-4-13-12(11)6-10(15)7-16-13/h1-5,10,15H,6-7H2/t10-/m0/s1. The quantitative estimate of drug-likeness (QED) is 0.803. The smallest absolute Gasteiger partial charge is 0.123 e. The number of aliphatic hydroxyl groups is 1. The van der Waals surface area contributed by atoms with Gasteiger partial charge in [0, 0.05) is 16.5 Å². The molecule has 3 heteroatoms. The van der Waals surface area contributed by atoms with Crippen molar-refractivity contribution in [3.05, 3.63) is 40.4 Å². The lowest BCUT2D eigenvalue weighted by Gasteiger charge is -2.23.